The van der Waals surface area contributed by atoms with Crippen molar-refractivity contribution in [2.75, 3.05) is 66.0 Å². The van der Waals surface area contributed by atoms with Crippen molar-refractivity contribution in [2.45, 2.75) is 45.1 Å². The summed E-state index contributed by atoms with van der Waals surface area (Å²) in [6, 6.07) is 0. The number of amides is 1. The predicted molar refractivity (Wildman–Crippen MR) is 108 cm³/mol. The smallest absolute Gasteiger partial charge is 0.251 e. The van der Waals surface area contributed by atoms with Crippen molar-refractivity contribution in [1.82, 2.24) is 20.0 Å². The zero-order valence-corrected chi connectivity index (χ0v) is 17.2. The van der Waals surface area contributed by atoms with Gasteiger partial charge in [-0.2, -0.15) is 0 Å². The van der Waals surface area contributed by atoms with E-state index in [1.54, 1.807) is 0 Å². The first-order valence-electron chi connectivity index (χ1n) is 10.8. The third-order valence-corrected chi connectivity index (χ3v) is 6.12. The zero-order valence-electron chi connectivity index (χ0n) is 17.2. The molecule has 7 heteroatoms. The van der Waals surface area contributed by atoms with Crippen LogP contribution in [0.5, 0.6) is 0 Å². The number of nitrogens with zero attached hydrogens (tertiary/aromatic N) is 4. The standard InChI is InChI=1S/C20H37N5O2/c1-17-6-10-23(11-7-17)9-4-8-22-20(21-2)25-14-12-24(13-15-25)19(26)18-5-3-16-27-18/h17-18H,3-16H2,1-2H3,(H,21,22). The van der Waals surface area contributed by atoms with E-state index in [0.717, 1.165) is 70.5 Å². The lowest BCUT2D eigenvalue weighted by molar-refractivity contribution is -0.142. The average molecular weight is 380 g/mol. The molecule has 3 aliphatic rings. The van der Waals surface area contributed by atoms with E-state index >= 15 is 0 Å². The summed E-state index contributed by atoms with van der Waals surface area (Å²) >= 11 is 0. The minimum Gasteiger partial charge on any atom is -0.368 e. The van der Waals surface area contributed by atoms with Gasteiger partial charge in [0.2, 0.25) is 0 Å². The molecule has 3 aliphatic heterocycles. The molecule has 3 rings (SSSR count). The Bertz CT molecular complexity index is 491. The van der Waals surface area contributed by atoms with E-state index in [2.05, 4.69) is 27.0 Å². The molecule has 0 aromatic rings. The molecule has 3 heterocycles. The largest absolute Gasteiger partial charge is 0.368 e. The third kappa shape index (κ3) is 5.82. The molecule has 0 aromatic heterocycles. The van der Waals surface area contributed by atoms with Crippen LogP contribution in [0.15, 0.2) is 4.99 Å². The molecule has 3 fully saturated rings. The number of likely N-dealkylation sites (tertiary alicyclic amines) is 1. The van der Waals surface area contributed by atoms with E-state index in [0.29, 0.717) is 0 Å². The van der Waals surface area contributed by atoms with Crippen molar-refractivity contribution < 1.29 is 9.53 Å². The first-order valence-corrected chi connectivity index (χ1v) is 10.8. The first-order chi connectivity index (χ1) is 13.2. The summed E-state index contributed by atoms with van der Waals surface area (Å²) in [4.78, 5) is 23.7. The summed E-state index contributed by atoms with van der Waals surface area (Å²) in [5, 5.41) is 3.51. The van der Waals surface area contributed by atoms with Gasteiger partial charge in [-0.15, -0.1) is 0 Å². The van der Waals surface area contributed by atoms with Crippen LogP contribution >= 0.6 is 0 Å². The number of hydrogen-bond acceptors (Lipinski definition) is 4. The maximum absolute atomic E-state index is 12.5. The monoisotopic (exact) mass is 379 g/mol. The van der Waals surface area contributed by atoms with Crippen molar-refractivity contribution in [3.8, 4) is 0 Å². The topological polar surface area (TPSA) is 60.4 Å². The van der Waals surface area contributed by atoms with E-state index in [1.165, 1.54) is 32.5 Å². The maximum atomic E-state index is 12.5. The van der Waals surface area contributed by atoms with Gasteiger partial charge in [0.1, 0.15) is 6.10 Å². The molecule has 0 aromatic carbocycles. The Kier molecular flexibility index (Phi) is 7.76. The molecular formula is C20H37N5O2. The van der Waals surface area contributed by atoms with Crippen LogP contribution in [0, 0.1) is 5.92 Å². The number of piperazine rings is 1. The van der Waals surface area contributed by atoms with Gasteiger partial charge in [-0.25, -0.2) is 0 Å². The Balaban J connectivity index is 1.33. The second-order valence-corrected chi connectivity index (χ2v) is 8.17. The number of nitrogens with one attached hydrogen (secondary N) is 1. The highest BCUT2D eigenvalue weighted by atomic mass is 16.5. The highest BCUT2D eigenvalue weighted by Gasteiger charge is 2.30. The SMILES string of the molecule is CN=C(NCCCN1CCC(C)CC1)N1CCN(C(=O)C2CCCO2)CC1. The third-order valence-electron chi connectivity index (χ3n) is 6.12. The van der Waals surface area contributed by atoms with Gasteiger partial charge in [-0.05, 0) is 57.7 Å². The maximum Gasteiger partial charge on any atom is 0.251 e. The lowest BCUT2D eigenvalue weighted by atomic mass is 9.99. The highest BCUT2D eigenvalue weighted by molar-refractivity contribution is 5.82. The van der Waals surface area contributed by atoms with E-state index < -0.39 is 0 Å². The zero-order chi connectivity index (χ0) is 19.1. The number of carbonyl (C=O) groups is 1. The van der Waals surface area contributed by atoms with Crippen molar-refractivity contribution >= 4 is 11.9 Å². The van der Waals surface area contributed by atoms with Crippen molar-refractivity contribution in [2.24, 2.45) is 10.9 Å². The summed E-state index contributed by atoms with van der Waals surface area (Å²) < 4.78 is 5.54. The number of rotatable bonds is 5. The molecule has 3 saturated heterocycles. The second kappa shape index (κ2) is 10.3. The summed E-state index contributed by atoms with van der Waals surface area (Å²) in [5.74, 6) is 2.03. The average Bonchev–Trinajstić information content (AvgIpc) is 3.24. The number of carbonyl (C=O) groups excluding carboxylic acids is 1. The molecule has 154 valence electrons. The molecule has 7 nitrogen and oxygen atoms in total. The van der Waals surface area contributed by atoms with E-state index in [4.69, 9.17) is 4.74 Å². The summed E-state index contributed by atoms with van der Waals surface area (Å²) in [7, 11) is 1.85. The summed E-state index contributed by atoms with van der Waals surface area (Å²) in [6.07, 6.45) is 5.49. The Morgan fingerprint density at radius 1 is 1.07 bits per heavy atom. The molecule has 0 aliphatic carbocycles. The quantitative estimate of drug-likeness (QED) is 0.439. The Labute approximate surface area is 164 Å². The molecule has 27 heavy (non-hydrogen) atoms. The lowest BCUT2D eigenvalue weighted by Gasteiger charge is -2.37. The van der Waals surface area contributed by atoms with Crippen LogP contribution in [0.3, 0.4) is 0 Å². The van der Waals surface area contributed by atoms with Crippen molar-refractivity contribution in [3.05, 3.63) is 0 Å². The van der Waals surface area contributed by atoms with Crippen LogP contribution in [0.25, 0.3) is 0 Å². The number of ether oxygens (including phenoxy) is 1. The fourth-order valence-corrected chi connectivity index (χ4v) is 4.24. The Hall–Kier alpha value is -1.34. The normalized spacial score (nSPS) is 25.9. The van der Waals surface area contributed by atoms with Gasteiger partial charge in [0, 0.05) is 46.4 Å². The summed E-state index contributed by atoms with van der Waals surface area (Å²) in [6.45, 7) is 10.9. The van der Waals surface area contributed by atoms with Gasteiger partial charge in [0.25, 0.3) is 5.91 Å². The molecule has 1 N–H and O–H groups in total. The number of guanidine groups is 1. The Morgan fingerprint density at radius 3 is 2.41 bits per heavy atom. The van der Waals surface area contributed by atoms with E-state index in [-0.39, 0.29) is 12.0 Å². The van der Waals surface area contributed by atoms with Crippen LogP contribution in [0.4, 0.5) is 0 Å². The fraction of sp³-hybridized carbons (Fsp3) is 0.900. The molecule has 1 amide bonds. The molecule has 0 spiro atoms. The molecule has 1 unspecified atom stereocenters. The molecule has 0 bridgehead atoms. The van der Waals surface area contributed by atoms with Gasteiger partial charge in [-0.1, -0.05) is 6.92 Å². The van der Waals surface area contributed by atoms with Gasteiger partial charge in [0.05, 0.1) is 0 Å². The van der Waals surface area contributed by atoms with Gasteiger partial charge in [0.15, 0.2) is 5.96 Å². The van der Waals surface area contributed by atoms with Gasteiger partial charge < -0.3 is 24.8 Å². The van der Waals surface area contributed by atoms with Crippen LogP contribution in [-0.2, 0) is 9.53 Å². The molecule has 0 radical (unpaired) electrons. The Morgan fingerprint density at radius 2 is 1.78 bits per heavy atom. The lowest BCUT2D eigenvalue weighted by Crippen LogP contribution is -2.55. The minimum atomic E-state index is -0.202. The molecular weight excluding hydrogens is 342 g/mol. The number of aliphatic imine (C=N–C) groups is 1. The number of piperidine rings is 1. The second-order valence-electron chi connectivity index (χ2n) is 8.17. The molecule has 1 atom stereocenters. The minimum absolute atomic E-state index is 0.172. The highest BCUT2D eigenvalue weighted by Crippen LogP contribution is 2.17. The van der Waals surface area contributed by atoms with E-state index in [1.807, 2.05) is 11.9 Å². The summed E-state index contributed by atoms with van der Waals surface area (Å²) in [5.41, 5.74) is 0. The van der Waals surface area contributed by atoms with Gasteiger partial charge >= 0.3 is 0 Å². The first kappa shape index (κ1) is 20.4. The van der Waals surface area contributed by atoms with Gasteiger partial charge in [-0.3, -0.25) is 9.79 Å². The number of hydrogen-bond donors (Lipinski definition) is 1. The predicted octanol–water partition coefficient (Wildman–Crippen LogP) is 1.01. The van der Waals surface area contributed by atoms with Crippen LogP contribution in [0.1, 0.15) is 39.0 Å². The van der Waals surface area contributed by atoms with Crippen molar-refractivity contribution in [3.63, 3.8) is 0 Å². The van der Waals surface area contributed by atoms with Crippen LogP contribution in [0.2, 0.25) is 0 Å². The fourth-order valence-electron chi connectivity index (χ4n) is 4.24. The van der Waals surface area contributed by atoms with E-state index in [9.17, 15) is 4.79 Å². The van der Waals surface area contributed by atoms with Crippen LogP contribution < -0.4 is 5.32 Å². The molecule has 0 saturated carbocycles. The van der Waals surface area contributed by atoms with Crippen LogP contribution in [-0.4, -0.2) is 98.7 Å². The van der Waals surface area contributed by atoms with Crippen molar-refractivity contribution in [1.29, 1.82) is 0 Å².